The zero-order valence-corrected chi connectivity index (χ0v) is 9.96. The molecular weight excluding hydrogens is 214 g/mol. The summed E-state index contributed by atoms with van der Waals surface area (Å²) in [6, 6.07) is 0. The standard InChI is InChI=1S/C9H15N3S2/c1-7-11-12(8(13)14-7)9(10)5-3-2-4-6-9/h2-6,10H2,1H3. The van der Waals surface area contributed by atoms with Crippen LogP contribution in [0.15, 0.2) is 0 Å². The van der Waals surface area contributed by atoms with Crippen LogP contribution in [0.2, 0.25) is 0 Å². The van der Waals surface area contributed by atoms with Crippen LogP contribution in [-0.2, 0) is 5.66 Å². The molecule has 1 fully saturated rings. The lowest BCUT2D eigenvalue weighted by molar-refractivity contribution is 0.179. The van der Waals surface area contributed by atoms with Gasteiger partial charge in [-0.3, -0.25) is 0 Å². The maximum Gasteiger partial charge on any atom is 0.181 e. The minimum Gasteiger partial charge on any atom is -0.307 e. The van der Waals surface area contributed by atoms with Crippen molar-refractivity contribution in [1.29, 1.82) is 0 Å². The van der Waals surface area contributed by atoms with Crippen LogP contribution in [-0.4, -0.2) is 9.78 Å². The van der Waals surface area contributed by atoms with Crippen LogP contribution in [0, 0.1) is 10.9 Å². The molecule has 5 heteroatoms. The maximum atomic E-state index is 6.34. The molecule has 1 aliphatic carbocycles. The van der Waals surface area contributed by atoms with Gasteiger partial charge >= 0.3 is 0 Å². The predicted molar refractivity (Wildman–Crippen MR) is 60.9 cm³/mol. The number of nitrogens with zero attached hydrogens (tertiary/aromatic N) is 2. The van der Waals surface area contributed by atoms with Crippen LogP contribution < -0.4 is 5.73 Å². The summed E-state index contributed by atoms with van der Waals surface area (Å²) in [5, 5.41) is 5.42. The number of hydrogen-bond acceptors (Lipinski definition) is 4. The molecular formula is C9H15N3S2. The molecule has 1 aliphatic rings. The lowest BCUT2D eigenvalue weighted by Gasteiger charge is -2.33. The van der Waals surface area contributed by atoms with E-state index in [2.05, 4.69) is 5.10 Å². The Morgan fingerprint density at radius 2 is 2.07 bits per heavy atom. The average Bonchev–Trinajstić information content (AvgIpc) is 2.47. The van der Waals surface area contributed by atoms with Crippen LogP contribution in [0.25, 0.3) is 0 Å². The molecule has 3 nitrogen and oxygen atoms in total. The number of nitrogens with two attached hydrogens (primary N) is 1. The maximum absolute atomic E-state index is 6.34. The molecule has 1 aromatic heterocycles. The SMILES string of the molecule is Cc1nn(C2(N)CCCCC2)c(=S)s1. The third kappa shape index (κ3) is 1.76. The third-order valence-corrected chi connectivity index (χ3v) is 3.94. The van der Waals surface area contributed by atoms with E-state index in [4.69, 9.17) is 18.0 Å². The molecule has 0 aromatic carbocycles. The highest BCUT2D eigenvalue weighted by molar-refractivity contribution is 7.73. The topological polar surface area (TPSA) is 43.8 Å². The second-order valence-corrected chi connectivity index (χ2v) is 5.79. The Kier molecular flexibility index (Phi) is 2.72. The summed E-state index contributed by atoms with van der Waals surface area (Å²) in [5.41, 5.74) is 6.03. The van der Waals surface area contributed by atoms with E-state index in [0.717, 1.165) is 21.8 Å². The number of aromatic nitrogens is 2. The Morgan fingerprint density at radius 1 is 1.43 bits per heavy atom. The van der Waals surface area contributed by atoms with Crippen LogP contribution in [0.5, 0.6) is 0 Å². The molecule has 78 valence electrons. The van der Waals surface area contributed by atoms with Gasteiger partial charge in [-0.15, -0.1) is 0 Å². The van der Waals surface area contributed by atoms with Gasteiger partial charge in [-0.05, 0) is 44.8 Å². The van der Waals surface area contributed by atoms with Gasteiger partial charge < -0.3 is 5.73 Å². The van der Waals surface area contributed by atoms with Crippen molar-refractivity contribution in [2.45, 2.75) is 44.7 Å². The first-order chi connectivity index (χ1) is 6.62. The van der Waals surface area contributed by atoms with Crippen molar-refractivity contribution < 1.29 is 0 Å². The Morgan fingerprint density at radius 3 is 2.57 bits per heavy atom. The highest BCUT2D eigenvalue weighted by Crippen LogP contribution is 2.30. The van der Waals surface area contributed by atoms with Crippen molar-refractivity contribution in [3.8, 4) is 0 Å². The first-order valence-electron chi connectivity index (χ1n) is 4.98. The minimum absolute atomic E-state index is 0.305. The molecule has 1 heterocycles. The Labute approximate surface area is 92.9 Å². The fraction of sp³-hybridized carbons (Fsp3) is 0.778. The average molecular weight is 229 g/mol. The quantitative estimate of drug-likeness (QED) is 0.753. The number of hydrogen-bond donors (Lipinski definition) is 1. The van der Waals surface area contributed by atoms with E-state index >= 15 is 0 Å². The first-order valence-corrected chi connectivity index (χ1v) is 6.20. The second kappa shape index (κ2) is 3.72. The summed E-state index contributed by atoms with van der Waals surface area (Å²) in [7, 11) is 0. The minimum atomic E-state index is -0.305. The number of aryl methyl sites for hydroxylation is 1. The monoisotopic (exact) mass is 229 g/mol. The molecule has 0 bridgehead atoms. The van der Waals surface area contributed by atoms with E-state index in [9.17, 15) is 0 Å². The molecule has 0 spiro atoms. The van der Waals surface area contributed by atoms with Crippen molar-refractivity contribution in [2.75, 3.05) is 0 Å². The summed E-state index contributed by atoms with van der Waals surface area (Å²) in [4.78, 5) is 0. The summed E-state index contributed by atoms with van der Waals surface area (Å²) in [6.07, 6.45) is 5.67. The van der Waals surface area contributed by atoms with Gasteiger partial charge in [0.1, 0.15) is 10.7 Å². The van der Waals surface area contributed by atoms with E-state index in [1.165, 1.54) is 19.3 Å². The van der Waals surface area contributed by atoms with Gasteiger partial charge in [-0.25, -0.2) is 4.68 Å². The first kappa shape index (κ1) is 10.3. The van der Waals surface area contributed by atoms with Gasteiger partial charge in [-0.2, -0.15) is 5.10 Å². The van der Waals surface area contributed by atoms with Crippen molar-refractivity contribution >= 4 is 23.6 Å². The molecule has 1 saturated carbocycles. The van der Waals surface area contributed by atoms with Gasteiger partial charge in [-0.1, -0.05) is 17.8 Å². The van der Waals surface area contributed by atoms with Gasteiger partial charge in [0, 0.05) is 0 Å². The summed E-state index contributed by atoms with van der Waals surface area (Å²) in [6.45, 7) is 1.98. The molecule has 0 atom stereocenters. The largest absolute Gasteiger partial charge is 0.307 e. The zero-order valence-electron chi connectivity index (χ0n) is 8.32. The molecule has 2 N–H and O–H groups in total. The highest BCUT2D eigenvalue weighted by Gasteiger charge is 2.31. The van der Waals surface area contributed by atoms with E-state index in [-0.39, 0.29) is 5.66 Å². The van der Waals surface area contributed by atoms with Crippen molar-refractivity contribution in [1.82, 2.24) is 9.78 Å². The molecule has 0 aliphatic heterocycles. The summed E-state index contributed by atoms with van der Waals surface area (Å²) >= 11 is 6.81. The van der Waals surface area contributed by atoms with Gasteiger partial charge in [0.25, 0.3) is 0 Å². The molecule has 1 aromatic rings. The zero-order chi connectivity index (χ0) is 10.2. The molecule has 0 saturated heterocycles. The molecule has 0 amide bonds. The molecule has 0 unspecified atom stereocenters. The van der Waals surface area contributed by atoms with Crippen molar-refractivity contribution in [3.05, 3.63) is 8.96 Å². The van der Waals surface area contributed by atoms with E-state index in [1.807, 2.05) is 11.6 Å². The van der Waals surface area contributed by atoms with Crippen molar-refractivity contribution in [2.24, 2.45) is 5.73 Å². The lowest BCUT2D eigenvalue weighted by atomic mass is 9.90. The van der Waals surface area contributed by atoms with E-state index in [1.54, 1.807) is 11.3 Å². The van der Waals surface area contributed by atoms with E-state index in [0.29, 0.717) is 0 Å². The summed E-state index contributed by atoms with van der Waals surface area (Å²) < 4.78 is 2.67. The van der Waals surface area contributed by atoms with Crippen LogP contribution >= 0.6 is 23.6 Å². The third-order valence-electron chi connectivity index (χ3n) is 2.79. The fourth-order valence-corrected chi connectivity index (χ4v) is 3.30. The molecule has 14 heavy (non-hydrogen) atoms. The van der Waals surface area contributed by atoms with Gasteiger partial charge in [0.05, 0.1) is 0 Å². The van der Waals surface area contributed by atoms with Crippen LogP contribution in [0.4, 0.5) is 0 Å². The smallest absolute Gasteiger partial charge is 0.181 e. The second-order valence-electron chi connectivity index (χ2n) is 3.96. The Hall–Kier alpha value is -0.260. The van der Waals surface area contributed by atoms with Gasteiger partial charge in [0.15, 0.2) is 3.95 Å². The molecule has 2 rings (SSSR count). The van der Waals surface area contributed by atoms with Gasteiger partial charge in [0.2, 0.25) is 0 Å². The fourth-order valence-electron chi connectivity index (χ4n) is 2.03. The van der Waals surface area contributed by atoms with E-state index < -0.39 is 0 Å². The van der Waals surface area contributed by atoms with Crippen LogP contribution in [0.1, 0.15) is 37.1 Å². The Balaban J connectivity index is 2.37. The highest BCUT2D eigenvalue weighted by atomic mass is 32.1. The summed E-state index contributed by atoms with van der Waals surface area (Å²) in [5.74, 6) is 0. The molecule has 0 radical (unpaired) electrons. The van der Waals surface area contributed by atoms with Crippen LogP contribution in [0.3, 0.4) is 0 Å². The van der Waals surface area contributed by atoms with Crippen molar-refractivity contribution in [3.63, 3.8) is 0 Å². The lowest BCUT2D eigenvalue weighted by Crippen LogP contribution is -2.45. The predicted octanol–water partition coefficient (Wildman–Crippen LogP) is 2.56. The normalized spacial score (nSPS) is 21.0. The Bertz CT molecular complexity index is 374. The number of rotatable bonds is 1.